The Morgan fingerprint density at radius 2 is 1.94 bits per heavy atom. The number of pyridine rings is 1. The number of piperidine rings is 1. The zero-order valence-corrected chi connectivity index (χ0v) is 22.1. The van der Waals surface area contributed by atoms with Crippen molar-refractivity contribution in [3.05, 3.63) is 23.9 Å². The number of rotatable bonds is 10. The average molecular weight is 558 g/mol. The summed E-state index contributed by atoms with van der Waals surface area (Å²) in [5.74, 6) is 2.71. The zero-order chi connectivity index (χ0) is 22.1. The van der Waals surface area contributed by atoms with E-state index in [-0.39, 0.29) is 29.9 Å². The molecule has 0 radical (unpaired) electrons. The van der Waals surface area contributed by atoms with Crippen molar-refractivity contribution < 1.29 is 9.53 Å². The number of nitrogens with one attached hydrogen (secondary N) is 2. The Kier molecular flexibility index (Phi) is 11.5. The van der Waals surface area contributed by atoms with Crippen LogP contribution in [0.3, 0.4) is 0 Å². The van der Waals surface area contributed by atoms with Gasteiger partial charge < -0.3 is 20.3 Å². The lowest BCUT2D eigenvalue weighted by Crippen LogP contribution is -2.50. The topological polar surface area (TPSA) is 78.9 Å². The van der Waals surface area contributed by atoms with Gasteiger partial charge in [0.15, 0.2) is 5.96 Å². The van der Waals surface area contributed by atoms with Crippen molar-refractivity contribution in [2.24, 2.45) is 16.8 Å². The molecule has 0 aromatic carbocycles. The second-order valence-corrected chi connectivity index (χ2v) is 8.71. The number of aromatic nitrogens is 1. The van der Waals surface area contributed by atoms with E-state index in [1.807, 2.05) is 17.0 Å². The van der Waals surface area contributed by atoms with E-state index in [1.54, 1.807) is 6.20 Å². The summed E-state index contributed by atoms with van der Waals surface area (Å²) in [5, 5.41) is 6.91. The number of carbonyl (C=O) groups excluding carboxylic acids is 1. The smallest absolute Gasteiger partial charge is 0.225 e. The van der Waals surface area contributed by atoms with Crippen molar-refractivity contribution in [2.45, 2.75) is 71.9 Å². The Balaban J connectivity index is 0.00000363. The van der Waals surface area contributed by atoms with Crippen LogP contribution >= 0.6 is 24.0 Å². The quantitative estimate of drug-likeness (QED) is 0.259. The summed E-state index contributed by atoms with van der Waals surface area (Å²) in [4.78, 5) is 23.7. The number of carbonyl (C=O) groups is 1. The number of hydrogen-bond acceptors (Lipinski definition) is 4. The maximum atomic E-state index is 12.6. The lowest BCUT2D eigenvalue weighted by Gasteiger charge is -2.34. The van der Waals surface area contributed by atoms with E-state index in [0.29, 0.717) is 30.3 Å². The summed E-state index contributed by atoms with van der Waals surface area (Å²) >= 11 is 0. The number of likely N-dealkylation sites (tertiary alicyclic amines) is 1. The first-order chi connectivity index (χ1) is 15.1. The lowest BCUT2D eigenvalue weighted by molar-refractivity contribution is -0.136. The largest absolute Gasteiger partial charge is 0.477 e. The van der Waals surface area contributed by atoms with Crippen LogP contribution in [0, 0.1) is 11.8 Å². The first-order valence-electron chi connectivity index (χ1n) is 12.0. The molecule has 7 nitrogen and oxygen atoms in total. The van der Waals surface area contributed by atoms with Crippen LogP contribution in [-0.4, -0.2) is 54.0 Å². The van der Waals surface area contributed by atoms with Crippen LogP contribution < -0.4 is 15.4 Å². The molecule has 3 rings (SSSR count). The molecule has 1 aromatic heterocycles. The van der Waals surface area contributed by atoms with E-state index < -0.39 is 0 Å². The standard InChI is InChI=1S/C24H39N5O2.HI/c1-4-20(5-2)23(30)29-13-10-21(11-14-29)28-24(25-6-3)27-16-19-9-12-26-22(15-19)31-17-18-7-8-18;/h9,12,15,18,20-21H,4-8,10-11,13-14,16-17H2,1-3H3,(H2,25,27,28);1H. The number of aliphatic imine (C=N–C) groups is 1. The van der Waals surface area contributed by atoms with Gasteiger partial charge in [-0.25, -0.2) is 9.98 Å². The van der Waals surface area contributed by atoms with Gasteiger partial charge in [0.25, 0.3) is 0 Å². The molecule has 1 aromatic rings. The Bertz CT molecular complexity index is 729. The van der Waals surface area contributed by atoms with E-state index in [4.69, 9.17) is 9.73 Å². The molecule has 180 valence electrons. The van der Waals surface area contributed by atoms with Crippen molar-refractivity contribution in [1.29, 1.82) is 0 Å². The summed E-state index contributed by atoms with van der Waals surface area (Å²) < 4.78 is 5.79. The minimum absolute atomic E-state index is 0. The van der Waals surface area contributed by atoms with Crippen LogP contribution in [0.2, 0.25) is 0 Å². The molecule has 32 heavy (non-hydrogen) atoms. The van der Waals surface area contributed by atoms with Gasteiger partial charge in [-0.1, -0.05) is 13.8 Å². The first-order valence-corrected chi connectivity index (χ1v) is 12.0. The maximum Gasteiger partial charge on any atom is 0.225 e. The fraction of sp³-hybridized carbons (Fsp3) is 0.708. The molecule has 2 fully saturated rings. The molecule has 2 heterocycles. The zero-order valence-electron chi connectivity index (χ0n) is 19.8. The van der Waals surface area contributed by atoms with Gasteiger partial charge in [-0.2, -0.15) is 0 Å². The number of halogens is 1. The van der Waals surface area contributed by atoms with Gasteiger partial charge in [0.1, 0.15) is 0 Å². The van der Waals surface area contributed by atoms with Crippen LogP contribution in [0.25, 0.3) is 0 Å². The summed E-state index contributed by atoms with van der Waals surface area (Å²) in [7, 11) is 0. The van der Waals surface area contributed by atoms with Crippen molar-refractivity contribution in [1.82, 2.24) is 20.5 Å². The number of amides is 1. The maximum absolute atomic E-state index is 12.6. The second-order valence-electron chi connectivity index (χ2n) is 8.71. The predicted octanol–water partition coefficient (Wildman–Crippen LogP) is 3.97. The van der Waals surface area contributed by atoms with Crippen molar-refractivity contribution in [3.63, 3.8) is 0 Å². The molecule has 2 aliphatic rings. The van der Waals surface area contributed by atoms with Crippen molar-refractivity contribution in [3.8, 4) is 5.88 Å². The van der Waals surface area contributed by atoms with Gasteiger partial charge in [0.05, 0.1) is 13.2 Å². The second kappa shape index (κ2) is 13.9. The van der Waals surface area contributed by atoms with Gasteiger partial charge in [-0.05, 0) is 63.0 Å². The molecule has 1 amide bonds. The summed E-state index contributed by atoms with van der Waals surface area (Å²) in [6, 6.07) is 4.30. The fourth-order valence-corrected chi connectivity index (χ4v) is 3.94. The summed E-state index contributed by atoms with van der Waals surface area (Å²) in [6.07, 6.45) is 8.08. The third-order valence-electron chi connectivity index (χ3n) is 6.21. The van der Waals surface area contributed by atoms with Crippen LogP contribution in [0.5, 0.6) is 5.88 Å². The van der Waals surface area contributed by atoms with Crippen molar-refractivity contribution in [2.75, 3.05) is 26.2 Å². The van der Waals surface area contributed by atoms with E-state index in [2.05, 4.69) is 36.4 Å². The first kappa shape index (κ1) is 26.7. The number of guanidine groups is 1. The van der Waals surface area contributed by atoms with Gasteiger partial charge in [-0.3, -0.25) is 4.79 Å². The summed E-state index contributed by atoms with van der Waals surface area (Å²) in [5.41, 5.74) is 1.09. The van der Waals surface area contributed by atoms with Crippen LogP contribution in [-0.2, 0) is 11.3 Å². The predicted molar refractivity (Wildman–Crippen MR) is 139 cm³/mol. The van der Waals surface area contributed by atoms with Crippen LogP contribution in [0.4, 0.5) is 0 Å². The highest BCUT2D eigenvalue weighted by Gasteiger charge is 2.27. The third-order valence-corrected chi connectivity index (χ3v) is 6.21. The Morgan fingerprint density at radius 1 is 1.22 bits per heavy atom. The molecule has 1 aliphatic heterocycles. The van der Waals surface area contributed by atoms with Gasteiger partial charge in [-0.15, -0.1) is 24.0 Å². The molecule has 0 bridgehead atoms. The van der Waals surface area contributed by atoms with E-state index in [9.17, 15) is 4.79 Å². The Labute approximate surface area is 210 Å². The number of nitrogens with zero attached hydrogens (tertiary/aromatic N) is 3. The molecular weight excluding hydrogens is 517 g/mol. The third kappa shape index (κ3) is 8.41. The Morgan fingerprint density at radius 3 is 2.56 bits per heavy atom. The van der Waals surface area contributed by atoms with E-state index in [0.717, 1.165) is 63.4 Å². The minimum atomic E-state index is 0. The minimum Gasteiger partial charge on any atom is -0.477 e. The van der Waals surface area contributed by atoms with Gasteiger partial charge in [0.2, 0.25) is 11.8 Å². The number of ether oxygens (including phenoxy) is 1. The highest BCUT2D eigenvalue weighted by atomic mass is 127. The Hall–Kier alpha value is -1.58. The lowest BCUT2D eigenvalue weighted by atomic mass is 9.98. The van der Waals surface area contributed by atoms with Crippen LogP contribution in [0.15, 0.2) is 23.3 Å². The normalized spacial score (nSPS) is 17.1. The van der Waals surface area contributed by atoms with Gasteiger partial charge in [0, 0.05) is 43.9 Å². The highest BCUT2D eigenvalue weighted by molar-refractivity contribution is 14.0. The number of hydrogen-bond donors (Lipinski definition) is 2. The van der Waals surface area contributed by atoms with Crippen molar-refractivity contribution >= 4 is 35.8 Å². The highest BCUT2D eigenvalue weighted by Crippen LogP contribution is 2.29. The molecule has 1 saturated carbocycles. The van der Waals surface area contributed by atoms with E-state index in [1.165, 1.54) is 12.8 Å². The monoisotopic (exact) mass is 557 g/mol. The van der Waals surface area contributed by atoms with Gasteiger partial charge >= 0.3 is 0 Å². The molecule has 0 unspecified atom stereocenters. The summed E-state index contributed by atoms with van der Waals surface area (Å²) in [6.45, 7) is 10.1. The molecule has 1 saturated heterocycles. The molecule has 2 N–H and O–H groups in total. The molecule has 0 atom stereocenters. The molecular formula is C24H40IN5O2. The molecule has 0 spiro atoms. The fourth-order valence-electron chi connectivity index (χ4n) is 3.94. The average Bonchev–Trinajstić information content (AvgIpc) is 3.62. The molecule has 8 heteroatoms. The van der Waals surface area contributed by atoms with Crippen LogP contribution in [0.1, 0.15) is 64.9 Å². The van der Waals surface area contributed by atoms with E-state index >= 15 is 0 Å². The SMILES string of the molecule is CCNC(=NCc1ccnc(OCC2CC2)c1)NC1CCN(C(=O)C(CC)CC)CC1.I. The molecule has 1 aliphatic carbocycles.